The van der Waals surface area contributed by atoms with Crippen LogP contribution in [0.15, 0.2) is 58.4 Å². The molecule has 0 aromatic heterocycles. The molecule has 170 valence electrons. The van der Waals surface area contributed by atoms with Gasteiger partial charge >= 0.3 is 0 Å². The van der Waals surface area contributed by atoms with E-state index in [2.05, 4.69) is 15.6 Å². The van der Waals surface area contributed by atoms with Crippen LogP contribution in [-0.4, -0.2) is 45.4 Å². The van der Waals surface area contributed by atoms with Gasteiger partial charge < -0.3 is 10.6 Å². The van der Waals surface area contributed by atoms with Crippen molar-refractivity contribution in [3.05, 3.63) is 65.5 Å². The Morgan fingerprint density at radius 3 is 2.45 bits per heavy atom. The van der Waals surface area contributed by atoms with Crippen molar-refractivity contribution in [2.75, 3.05) is 26.7 Å². The quantitative estimate of drug-likeness (QED) is 0.309. The summed E-state index contributed by atoms with van der Waals surface area (Å²) in [6.07, 6.45) is 3.58. The Morgan fingerprint density at radius 2 is 1.74 bits per heavy atom. The normalized spacial score (nSPS) is 15.2. The minimum Gasteiger partial charge on any atom is -0.356 e. The first kappa shape index (κ1) is 25.5. The lowest BCUT2D eigenvalue weighted by Crippen LogP contribution is -2.38. The Labute approximate surface area is 201 Å². The summed E-state index contributed by atoms with van der Waals surface area (Å²) in [7, 11) is -1.77. The van der Waals surface area contributed by atoms with Gasteiger partial charge in [0, 0.05) is 33.2 Å². The van der Waals surface area contributed by atoms with Gasteiger partial charge in [0.25, 0.3) is 0 Å². The fraction of sp³-hybridized carbons (Fsp3) is 0.409. The van der Waals surface area contributed by atoms with E-state index in [1.807, 2.05) is 12.1 Å². The molecule has 31 heavy (non-hydrogen) atoms. The molecule has 0 amide bonds. The Morgan fingerprint density at radius 1 is 1.03 bits per heavy atom. The molecule has 0 spiro atoms. The Balaban J connectivity index is 0.00000341. The average molecular weight is 560 g/mol. The van der Waals surface area contributed by atoms with Gasteiger partial charge in [-0.05, 0) is 54.7 Å². The minimum atomic E-state index is -3.45. The number of hydrogen-bond acceptors (Lipinski definition) is 3. The van der Waals surface area contributed by atoms with Crippen molar-refractivity contribution in [3.8, 4) is 0 Å². The number of benzene rings is 2. The van der Waals surface area contributed by atoms with Gasteiger partial charge in [0.2, 0.25) is 10.0 Å². The molecule has 0 atom stereocenters. The highest BCUT2D eigenvalue weighted by molar-refractivity contribution is 14.0. The van der Waals surface area contributed by atoms with Crippen LogP contribution >= 0.6 is 24.0 Å². The monoisotopic (exact) mass is 560 g/mol. The maximum absolute atomic E-state index is 13.3. The second-order valence-corrected chi connectivity index (χ2v) is 9.28. The van der Waals surface area contributed by atoms with E-state index < -0.39 is 10.0 Å². The van der Waals surface area contributed by atoms with Gasteiger partial charge in [-0.3, -0.25) is 4.99 Å². The molecule has 0 unspecified atom stereocenters. The second-order valence-electron chi connectivity index (χ2n) is 7.34. The van der Waals surface area contributed by atoms with Crippen molar-refractivity contribution >= 4 is 40.0 Å². The third kappa shape index (κ3) is 7.43. The molecule has 1 fully saturated rings. The summed E-state index contributed by atoms with van der Waals surface area (Å²) >= 11 is 0. The molecular formula is C22H30FIN4O2S. The topological polar surface area (TPSA) is 73.8 Å². The van der Waals surface area contributed by atoms with Crippen molar-refractivity contribution in [1.29, 1.82) is 0 Å². The number of guanidine groups is 1. The van der Waals surface area contributed by atoms with Gasteiger partial charge in [-0.25, -0.2) is 12.8 Å². The van der Waals surface area contributed by atoms with E-state index in [0.29, 0.717) is 43.5 Å². The molecule has 1 heterocycles. The van der Waals surface area contributed by atoms with E-state index >= 15 is 0 Å². The van der Waals surface area contributed by atoms with Gasteiger partial charge in [0.1, 0.15) is 5.82 Å². The molecule has 0 bridgehead atoms. The number of piperidine rings is 1. The minimum absolute atomic E-state index is 0. The smallest absolute Gasteiger partial charge is 0.243 e. The number of nitrogens with zero attached hydrogens (tertiary/aromatic N) is 2. The maximum Gasteiger partial charge on any atom is 0.243 e. The van der Waals surface area contributed by atoms with Gasteiger partial charge in [-0.15, -0.1) is 24.0 Å². The third-order valence-electron chi connectivity index (χ3n) is 5.13. The van der Waals surface area contributed by atoms with E-state index in [1.54, 1.807) is 35.6 Å². The maximum atomic E-state index is 13.3. The zero-order valence-electron chi connectivity index (χ0n) is 17.7. The molecule has 1 saturated heterocycles. The molecule has 0 radical (unpaired) electrons. The first-order valence-corrected chi connectivity index (χ1v) is 11.7. The number of nitrogens with one attached hydrogen (secondary N) is 2. The van der Waals surface area contributed by atoms with Gasteiger partial charge in [-0.2, -0.15) is 4.31 Å². The van der Waals surface area contributed by atoms with Crippen LogP contribution in [-0.2, 0) is 23.0 Å². The summed E-state index contributed by atoms with van der Waals surface area (Å²) in [4.78, 5) is 4.52. The summed E-state index contributed by atoms with van der Waals surface area (Å²) in [5.74, 6) is 0.366. The van der Waals surface area contributed by atoms with Crippen LogP contribution in [0.3, 0.4) is 0 Å². The van der Waals surface area contributed by atoms with Crippen LogP contribution in [0.4, 0.5) is 4.39 Å². The lowest BCUT2D eigenvalue weighted by atomic mass is 10.1. The van der Waals surface area contributed by atoms with Gasteiger partial charge in [0.05, 0.1) is 4.90 Å². The zero-order chi connectivity index (χ0) is 21.4. The summed E-state index contributed by atoms with van der Waals surface area (Å²) in [6, 6.07) is 13.6. The number of aliphatic imine (C=N–C) groups is 1. The van der Waals surface area contributed by atoms with Crippen molar-refractivity contribution in [1.82, 2.24) is 14.9 Å². The van der Waals surface area contributed by atoms with E-state index in [4.69, 9.17) is 0 Å². The molecule has 3 rings (SSSR count). The fourth-order valence-electron chi connectivity index (χ4n) is 3.49. The van der Waals surface area contributed by atoms with Crippen molar-refractivity contribution in [3.63, 3.8) is 0 Å². The highest BCUT2D eigenvalue weighted by Gasteiger charge is 2.25. The zero-order valence-corrected chi connectivity index (χ0v) is 20.8. The summed E-state index contributed by atoms with van der Waals surface area (Å²) < 4.78 is 40.6. The Hall–Kier alpha value is -1.72. The predicted octanol–water partition coefficient (Wildman–Crippen LogP) is 3.53. The molecule has 2 aromatic rings. The molecule has 0 saturated carbocycles. The number of sulfonamides is 1. The van der Waals surface area contributed by atoms with E-state index in [9.17, 15) is 12.8 Å². The molecule has 9 heteroatoms. The number of rotatable bonds is 7. The largest absolute Gasteiger partial charge is 0.356 e. The standard InChI is InChI=1S/C22H29FN4O2S.HI/c1-24-22(25-12-11-18-7-5-9-20(23)15-18)26-17-19-8-6-10-21(16-19)30(28,29)27-13-3-2-4-14-27;/h5-10,15-16H,2-4,11-14,17H2,1H3,(H2,24,25,26);1H. The highest BCUT2D eigenvalue weighted by atomic mass is 127. The number of hydrogen-bond donors (Lipinski definition) is 2. The first-order valence-electron chi connectivity index (χ1n) is 10.3. The highest BCUT2D eigenvalue weighted by Crippen LogP contribution is 2.21. The van der Waals surface area contributed by atoms with Crippen LogP contribution < -0.4 is 10.6 Å². The van der Waals surface area contributed by atoms with Crippen LogP contribution in [0.5, 0.6) is 0 Å². The molecule has 1 aliphatic rings. The summed E-state index contributed by atoms with van der Waals surface area (Å²) in [5.41, 5.74) is 1.77. The Bertz CT molecular complexity index is 979. The van der Waals surface area contributed by atoms with Gasteiger partial charge in [-0.1, -0.05) is 30.7 Å². The lowest BCUT2D eigenvalue weighted by molar-refractivity contribution is 0.346. The van der Waals surface area contributed by atoms with Crippen LogP contribution in [0, 0.1) is 5.82 Å². The van der Waals surface area contributed by atoms with E-state index in [1.165, 1.54) is 12.1 Å². The van der Waals surface area contributed by atoms with Crippen molar-refractivity contribution < 1.29 is 12.8 Å². The number of halogens is 2. The average Bonchev–Trinajstić information content (AvgIpc) is 2.77. The first-order chi connectivity index (χ1) is 14.5. The lowest BCUT2D eigenvalue weighted by Gasteiger charge is -2.26. The molecule has 1 aliphatic heterocycles. The predicted molar refractivity (Wildman–Crippen MR) is 133 cm³/mol. The summed E-state index contributed by atoms with van der Waals surface area (Å²) in [5, 5.41) is 6.39. The van der Waals surface area contributed by atoms with Crippen LogP contribution in [0.2, 0.25) is 0 Å². The second kappa shape index (κ2) is 12.4. The molecule has 2 N–H and O–H groups in total. The van der Waals surface area contributed by atoms with Crippen molar-refractivity contribution in [2.45, 2.75) is 37.1 Å². The van der Waals surface area contributed by atoms with E-state index in [0.717, 1.165) is 30.4 Å². The summed E-state index contributed by atoms with van der Waals surface area (Å²) in [6.45, 7) is 2.23. The third-order valence-corrected chi connectivity index (χ3v) is 7.02. The fourth-order valence-corrected chi connectivity index (χ4v) is 5.08. The van der Waals surface area contributed by atoms with Crippen LogP contribution in [0.1, 0.15) is 30.4 Å². The molecule has 2 aromatic carbocycles. The van der Waals surface area contributed by atoms with Crippen molar-refractivity contribution in [2.24, 2.45) is 4.99 Å². The van der Waals surface area contributed by atoms with E-state index in [-0.39, 0.29) is 29.8 Å². The SMILES string of the molecule is CN=C(NCCc1cccc(F)c1)NCc1cccc(S(=O)(=O)N2CCCCC2)c1.I. The molecule has 0 aliphatic carbocycles. The Kier molecular flexibility index (Phi) is 10.2. The molecule has 6 nitrogen and oxygen atoms in total. The van der Waals surface area contributed by atoms with Gasteiger partial charge in [0.15, 0.2) is 5.96 Å². The molecular weight excluding hydrogens is 530 g/mol. The van der Waals surface area contributed by atoms with Crippen LogP contribution in [0.25, 0.3) is 0 Å².